The van der Waals surface area contributed by atoms with Gasteiger partial charge in [-0.15, -0.1) is 0 Å². The number of hydrogen-bond donors (Lipinski definition) is 0. The van der Waals surface area contributed by atoms with E-state index in [1.54, 1.807) is 10.8 Å². The summed E-state index contributed by atoms with van der Waals surface area (Å²) in [6.07, 6.45) is 35.2. The first-order valence-corrected chi connectivity index (χ1v) is 20.1. The summed E-state index contributed by atoms with van der Waals surface area (Å²) >= 11 is 0. The summed E-state index contributed by atoms with van der Waals surface area (Å²) < 4.78 is 23.4. The molecule has 0 aliphatic carbocycles. The third-order valence-electron chi connectivity index (χ3n) is 9.96. The highest BCUT2D eigenvalue weighted by Crippen LogP contribution is 2.28. The maximum atomic E-state index is 13.6. The average molecular weight is 747 g/mol. The van der Waals surface area contributed by atoms with Gasteiger partial charge < -0.3 is 19.1 Å². The van der Waals surface area contributed by atoms with Crippen LogP contribution in [0.2, 0.25) is 0 Å². The average Bonchev–Trinajstić information content (AvgIpc) is 3.57. The highest BCUT2D eigenvalue weighted by Gasteiger charge is 2.28. The predicted octanol–water partition coefficient (Wildman–Crippen LogP) is 10.2. The van der Waals surface area contributed by atoms with Crippen molar-refractivity contribution in [2.45, 2.75) is 96.9 Å². The van der Waals surface area contributed by atoms with Crippen molar-refractivity contribution in [2.75, 3.05) is 36.5 Å². The van der Waals surface area contributed by atoms with Gasteiger partial charge in [0.15, 0.2) is 0 Å². The van der Waals surface area contributed by atoms with E-state index in [0.717, 1.165) is 80.6 Å². The molecule has 0 unspecified atom stereocenters. The highest BCUT2D eigenvalue weighted by atomic mass is 19.1. The Bertz CT molecular complexity index is 1930. The lowest BCUT2D eigenvalue weighted by molar-refractivity contribution is 0.0782. The maximum absolute atomic E-state index is 13.6. The quantitative estimate of drug-likeness (QED) is 0.0589. The number of piperidine rings is 1. The van der Waals surface area contributed by atoms with Gasteiger partial charge in [0, 0.05) is 38.4 Å². The second-order valence-electron chi connectivity index (χ2n) is 14.1. The zero-order chi connectivity index (χ0) is 38.5. The van der Waals surface area contributed by atoms with E-state index >= 15 is 0 Å². The van der Waals surface area contributed by atoms with Gasteiger partial charge in [-0.3, -0.25) is 9.36 Å². The number of benzene rings is 2. The topological polar surface area (TPSA) is 68.4 Å². The van der Waals surface area contributed by atoms with Crippen molar-refractivity contribution < 1.29 is 9.13 Å². The molecule has 2 aromatic carbocycles. The first kappa shape index (κ1) is 41.1. The number of para-hydroxylation sites is 2. The van der Waals surface area contributed by atoms with Gasteiger partial charge in [-0.25, -0.2) is 14.4 Å². The standard InChI is InChI=1S/C46H59FN6O2/c1-3-4-5-6-7-8-9-10-11-12-13-14-15-16-17-18-19-20-23-36-55-38-53-44(54)30-33-48-45(53)50(2)41-31-34-51(35-32-41)46-49-42-24-21-22-25-43(42)52(46)37-39-26-28-40(47)29-27-39/h7-8,10-11,13-14,16-17,19-22,24-30,33,41H,3-6,9,12,15,18,23,31-32,34-38H2,1-2H3/b8-7-,11-10-,14-13-,17-16-,20-19-. The van der Waals surface area contributed by atoms with Crippen molar-refractivity contribution in [3.8, 4) is 0 Å². The number of hydrogen-bond acceptors (Lipinski definition) is 6. The Hall–Kier alpha value is -5.02. The van der Waals surface area contributed by atoms with Crippen molar-refractivity contribution >= 4 is 22.9 Å². The van der Waals surface area contributed by atoms with E-state index in [9.17, 15) is 9.18 Å². The van der Waals surface area contributed by atoms with Crippen LogP contribution in [0.4, 0.5) is 16.3 Å². The fourth-order valence-corrected chi connectivity index (χ4v) is 6.82. The van der Waals surface area contributed by atoms with Gasteiger partial charge >= 0.3 is 0 Å². The second-order valence-corrected chi connectivity index (χ2v) is 14.1. The van der Waals surface area contributed by atoms with Gasteiger partial charge in [-0.05, 0) is 87.6 Å². The molecule has 0 atom stereocenters. The molecule has 292 valence electrons. The van der Waals surface area contributed by atoms with Crippen LogP contribution in [0.15, 0.2) is 126 Å². The number of rotatable bonds is 22. The lowest BCUT2D eigenvalue weighted by atomic mass is 10.0. The maximum Gasteiger partial charge on any atom is 0.256 e. The number of imidazole rings is 1. The Morgan fingerprint density at radius 3 is 2.11 bits per heavy atom. The molecule has 0 bridgehead atoms. The highest BCUT2D eigenvalue weighted by molar-refractivity contribution is 5.79. The normalized spacial score (nSPS) is 14.3. The number of nitrogens with zero attached hydrogens (tertiary/aromatic N) is 6. The Labute approximate surface area is 327 Å². The van der Waals surface area contributed by atoms with Crippen LogP contribution in [0.1, 0.15) is 83.1 Å². The lowest BCUT2D eigenvalue weighted by Gasteiger charge is -2.38. The summed E-state index contributed by atoms with van der Waals surface area (Å²) in [7, 11) is 2.02. The predicted molar refractivity (Wildman–Crippen MR) is 226 cm³/mol. The first-order chi connectivity index (χ1) is 27.0. The van der Waals surface area contributed by atoms with E-state index in [4.69, 9.17) is 9.72 Å². The third kappa shape index (κ3) is 13.1. The molecule has 0 saturated carbocycles. The Kier molecular flexibility index (Phi) is 17.2. The zero-order valence-electron chi connectivity index (χ0n) is 32.8. The fraction of sp³-hybridized carbons (Fsp3) is 0.413. The molecule has 1 fully saturated rings. The number of halogens is 1. The SMILES string of the molecule is CCCCC/C=C\C/C=C\C/C=C\C/C=C\C/C=C\CCOCn1c(N(C)C2CCN(c3nc4ccccc4n3Cc3ccc(F)cc3)CC2)nccc1=O. The van der Waals surface area contributed by atoms with Crippen molar-refractivity contribution in [3.63, 3.8) is 0 Å². The summed E-state index contributed by atoms with van der Waals surface area (Å²) in [4.78, 5) is 27.0. The van der Waals surface area contributed by atoms with E-state index in [1.165, 1.54) is 43.9 Å². The minimum absolute atomic E-state index is 0.125. The first-order valence-electron chi connectivity index (χ1n) is 20.1. The molecular formula is C46H59FN6O2. The minimum Gasteiger partial charge on any atom is -0.360 e. The molecule has 1 aliphatic heterocycles. The van der Waals surface area contributed by atoms with Crippen LogP contribution in [-0.2, 0) is 18.0 Å². The third-order valence-corrected chi connectivity index (χ3v) is 9.96. The van der Waals surface area contributed by atoms with Gasteiger partial charge in [0.05, 0.1) is 24.2 Å². The van der Waals surface area contributed by atoms with Gasteiger partial charge in [0.2, 0.25) is 11.9 Å². The van der Waals surface area contributed by atoms with Crippen LogP contribution in [0.5, 0.6) is 0 Å². The molecular weight excluding hydrogens is 688 g/mol. The summed E-state index contributed by atoms with van der Waals surface area (Å²) in [6, 6.07) is 16.5. The van der Waals surface area contributed by atoms with Crippen molar-refractivity contribution in [2.24, 2.45) is 0 Å². The summed E-state index contributed by atoms with van der Waals surface area (Å²) in [5, 5.41) is 0. The number of ether oxygens (including phenoxy) is 1. The molecule has 1 aliphatic rings. The molecule has 1 saturated heterocycles. The largest absolute Gasteiger partial charge is 0.360 e. The summed E-state index contributed by atoms with van der Waals surface area (Å²) in [5.41, 5.74) is 2.90. The van der Waals surface area contributed by atoms with E-state index in [1.807, 2.05) is 37.4 Å². The molecule has 55 heavy (non-hydrogen) atoms. The van der Waals surface area contributed by atoms with E-state index < -0.39 is 0 Å². The smallest absolute Gasteiger partial charge is 0.256 e. The number of anilines is 2. The number of allylic oxidation sites excluding steroid dienone is 9. The summed E-state index contributed by atoms with van der Waals surface area (Å²) in [5.74, 6) is 1.30. The van der Waals surface area contributed by atoms with Gasteiger partial charge in [0.25, 0.3) is 5.56 Å². The fourth-order valence-electron chi connectivity index (χ4n) is 6.82. The van der Waals surface area contributed by atoms with E-state index in [2.05, 4.69) is 93.1 Å². The molecule has 9 heteroatoms. The number of aromatic nitrogens is 4. The molecule has 5 rings (SSSR count). The lowest BCUT2D eigenvalue weighted by Crippen LogP contribution is -2.46. The molecule has 8 nitrogen and oxygen atoms in total. The molecule has 0 N–H and O–H groups in total. The van der Waals surface area contributed by atoms with E-state index in [0.29, 0.717) is 19.1 Å². The van der Waals surface area contributed by atoms with Crippen LogP contribution in [0, 0.1) is 5.82 Å². The van der Waals surface area contributed by atoms with Crippen molar-refractivity contribution in [1.29, 1.82) is 0 Å². The Morgan fingerprint density at radius 1 is 0.800 bits per heavy atom. The van der Waals surface area contributed by atoms with Crippen LogP contribution in [-0.4, -0.2) is 51.9 Å². The van der Waals surface area contributed by atoms with Gasteiger partial charge in [0.1, 0.15) is 12.5 Å². The minimum atomic E-state index is -0.239. The molecule has 0 radical (unpaired) electrons. The van der Waals surface area contributed by atoms with Gasteiger partial charge in [-0.2, -0.15) is 0 Å². The molecule has 2 aromatic heterocycles. The second kappa shape index (κ2) is 23.0. The number of unbranched alkanes of at least 4 members (excludes halogenated alkanes) is 3. The van der Waals surface area contributed by atoms with Crippen LogP contribution in [0.25, 0.3) is 11.0 Å². The van der Waals surface area contributed by atoms with Crippen LogP contribution in [0.3, 0.4) is 0 Å². The molecule has 0 amide bonds. The molecule has 4 aromatic rings. The van der Waals surface area contributed by atoms with Gasteiger partial charge in [-0.1, -0.05) is 105 Å². The van der Waals surface area contributed by atoms with Crippen molar-refractivity contribution in [1.82, 2.24) is 19.1 Å². The van der Waals surface area contributed by atoms with E-state index in [-0.39, 0.29) is 24.1 Å². The Morgan fingerprint density at radius 2 is 1.44 bits per heavy atom. The monoisotopic (exact) mass is 746 g/mol. The number of fused-ring (bicyclic) bond motifs is 1. The zero-order valence-corrected chi connectivity index (χ0v) is 32.8. The van der Waals surface area contributed by atoms with Crippen LogP contribution >= 0.6 is 0 Å². The Balaban J connectivity index is 1.02. The summed E-state index contributed by atoms with van der Waals surface area (Å²) in [6.45, 7) is 5.14. The van der Waals surface area contributed by atoms with Crippen molar-refractivity contribution in [3.05, 3.63) is 143 Å². The van der Waals surface area contributed by atoms with Crippen LogP contribution < -0.4 is 15.4 Å². The molecule has 3 heterocycles. The molecule has 0 spiro atoms.